The molecule has 0 spiro atoms. The molecule has 0 aliphatic carbocycles. The van der Waals surface area contributed by atoms with Gasteiger partial charge in [0.15, 0.2) is 11.5 Å². The SMILES string of the molecule is CCC(CC)NCC(O)c1ccc2c(c1)OCCO2. The third-order valence-electron chi connectivity index (χ3n) is 3.54. The van der Waals surface area contributed by atoms with Crippen molar-refractivity contribution in [1.29, 1.82) is 0 Å². The van der Waals surface area contributed by atoms with Crippen molar-refractivity contribution in [3.05, 3.63) is 23.8 Å². The van der Waals surface area contributed by atoms with Gasteiger partial charge in [0.1, 0.15) is 13.2 Å². The highest BCUT2D eigenvalue weighted by atomic mass is 16.6. The Kier molecular flexibility index (Phi) is 5.05. The van der Waals surface area contributed by atoms with Crippen LogP contribution in [0.5, 0.6) is 11.5 Å². The van der Waals surface area contributed by atoms with Gasteiger partial charge in [-0.1, -0.05) is 19.9 Å². The summed E-state index contributed by atoms with van der Waals surface area (Å²) in [5.41, 5.74) is 0.864. The van der Waals surface area contributed by atoms with Crippen LogP contribution in [0, 0.1) is 0 Å². The lowest BCUT2D eigenvalue weighted by atomic mass is 10.1. The van der Waals surface area contributed by atoms with Gasteiger partial charge in [0, 0.05) is 12.6 Å². The number of ether oxygens (including phenoxy) is 2. The minimum atomic E-state index is -0.517. The van der Waals surface area contributed by atoms with Crippen molar-refractivity contribution in [3.63, 3.8) is 0 Å². The van der Waals surface area contributed by atoms with E-state index < -0.39 is 6.10 Å². The van der Waals surface area contributed by atoms with Crippen molar-refractivity contribution in [2.24, 2.45) is 0 Å². The molecular formula is C15H23NO3. The number of benzene rings is 1. The summed E-state index contributed by atoms with van der Waals surface area (Å²) < 4.78 is 11.0. The third kappa shape index (κ3) is 3.61. The molecule has 0 fully saturated rings. The fourth-order valence-electron chi connectivity index (χ4n) is 2.24. The lowest BCUT2D eigenvalue weighted by molar-refractivity contribution is 0.160. The second-order valence-electron chi connectivity index (χ2n) is 4.84. The van der Waals surface area contributed by atoms with E-state index in [1.54, 1.807) is 0 Å². The average Bonchev–Trinajstić information content (AvgIpc) is 2.47. The van der Waals surface area contributed by atoms with Crippen LogP contribution in [-0.4, -0.2) is 30.9 Å². The fraction of sp³-hybridized carbons (Fsp3) is 0.600. The van der Waals surface area contributed by atoms with Crippen molar-refractivity contribution < 1.29 is 14.6 Å². The third-order valence-corrected chi connectivity index (χ3v) is 3.54. The van der Waals surface area contributed by atoms with E-state index in [1.807, 2.05) is 18.2 Å². The van der Waals surface area contributed by atoms with Gasteiger partial charge in [-0.15, -0.1) is 0 Å². The summed E-state index contributed by atoms with van der Waals surface area (Å²) in [4.78, 5) is 0. The van der Waals surface area contributed by atoms with Crippen LogP contribution >= 0.6 is 0 Å². The molecule has 4 nitrogen and oxygen atoms in total. The quantitative estimate of drug-likeness (QED) is 0.828. The Morgan fingerprint density at radius 1 is 1.16 bits per heavy atom. The molecule has 19 heavy (non-hydrogen) atoms. The van der Waals surface area contributed by atoms with Crippen LogP contribution < -0.4 is 14.8 Å². The van der Waals surface area contributed by atoms with Crippen LogP contribution in [-0.2, 0) is 0 Å². The van der Waals surface area contributed by atoms with E-state index in [0.717, 1.165) is 29.9 Å². The molecule has 4 heteroatoms. The van der Waals surface area contributed by atoms with E-state index >= 15 is 0 Å². The maximum absolute atomic E-state index is 10.2. The molecule has 1 aliphatic heterocycles. The lowest BCUT2D eigenvalue weighted by Gasteiger charge is -2.21. The predicted octanol–water partition coefficient (Wildman–Crippen LogP) is 2.27. The molecule has 1 aliphatic rings. The van der Waals surface area contributed by atoms with Crippen LogP contribution in [0.4, 0.5) is 0 Å². The van der Waals surface area contributed by atoms with Gasteiger partial charge in [-0.3, -0.25) is 0 Å². The Morgan fingerprint density at radius 3 is 2.53 bits per heavy atom. The molecule has 0 saturated heterocycles. The molecule has 2 N–H and O–H groups in total. The number of hydrogen-bond donors (Lipinski definition) is 2. The summed E-state index contributed by atoms with van der Waals surface area (Å²) in [5.74, 6) is 1.49. The highest BCUT2D eigenvalue weighted by Crippen LogP contribution is 2.32. The van der Waals surface area contributed by atoms with E-state index in [4.69, 9.17) is 9.47 Å². The lowest BCUT2D eigenvalue weighted by Crippen LogP contribution is -2.31. The van der Waals surface area contributed by atoms with Crippen molar-refractivity contribution in [2.75, 3.05) is 19.8 Å². The predicted molar refractivity (Wildman–Crippen MR) is 74.8 cm³/mol. The summed E-state index contributed by atoms with van der Waals surface area (Å²) in [5, 5.41) is 13.6. The zero-order valence-electron chi connectivity index (χ0n) is 11.7. The molecule has 0 amide bonds. The first-order valence-electron chi connectivity index (χ1n) is 7.05. The topological polar surface area (TPSA) is 50.7 Å². The van der Waals surface area contributed by atoms with Crippen LogP contribution in [0.15, 0.2) is 18.2 Å². The molecule has 1 aromatic rings. The van der Waals surface area contributed by atoms with Gasteiger partial charge in [-0.25, -0.2) is 0 Å². The highest BCUT2D eigenvalue weighted by molar-refractivity contribution is 5.44. The monoisotopic (exact) mass is 265 g/mol. The first kappa shape index (κ1) is 14.2. The molecular weight excluding hydrogens is 242 g/mol. The minimum Gasteiger partial charge on any atom is -0.486 e. The van der Waals surface area contributed by atoms with Crippen molar-refractivity contribution in [2.45, 2.75) is 38.8 Å². The summed E-state index contributed by atoms with van der Waals surface area (Å²) in [6.45, 7) is 6.02. The zero-order valence-corrected chi connectivity index (χ0v) is 11.7. The zero-order chi connectivity index (χ0) is 13.7. The maximum Gasteiger partial charge on any atom is 0.161 e. The average molecular weight is 265 g/mol. The standard InChI is InChI=1S/C15H23NO3/c1-3-12(4-2)16-10-13(17)11-5-6-14-15(9-11)19-8-7-18-14/h5-6,9,12-13,16-17H,3-4,7-8,10H2,1-2H3. The Morgan fingerprint density at radius 2 is 1.84 bits per heavy atom. The molecule has 0 bridgehead atoms. The van der Waals surface area contributed by atoms with Gasteiger partial charge in [-0.2, -0.15) is 0 Å². The van der Waals surface area contributed by atoms with Crippen LogP contribution in [0.2, 0.25) is 0 Å². The molecule has 1 unspecified atom stereocenters. The van der Waals surface area contributed by atoms with Gasteiger partial charge >= 0.3 is 0 Å². The van der Waals surface area contributed by atoms with E-state index in [2.05, 4.69) is 19.2 Å². The summed E-state index contributed by atoms with van der Waals surface area (Å²) in [6.07, 6.45) is 1.63. The Bertz CT molecular complexity index is 404. The molecule has 0 aromatic heterocycles. The van der Waals surface area contributed by atoms with E-state index in [-0.39, 0.29) is 0 Å². The second kappa shape index (κ2) is 6.78. The highest BCUT2D eigenvalue weighted by Gasteiger charge is 2.16. The molecule has 2 rings (SSSR count). The second-order valence-corrected chi connectivity index (χ2v) is 4.84. The Hall–Kier alpha value is -1.26. The summed E-state index contributed by atoms with van der Waals surface area (Å²) >= 11 is 0. The largest absolute Gasteiger partial charge is 0.486 e. The van der Waals surface area contributed by atoms with E-state index in [0.29, 0.717) is 25.8 Å². The number of hydrogen-bond acceptors (Lipinski definition) is 4. The fourth-order valence-corrected chi connectivity index (χ4v) is 2.24. The minimum absolute atomic E-state index is 0.465. The number of aliphatic hydroxyl groups excluding tert-OH is 1. The Labute approximate surface area is 114 Å². The van der Waals surface area contributed by atoms with Gasteiger partial charge < -0.3 is 19.9 Å². The molecule has 106 valence electrons. The maximum atomic E-state index is 10.2. The number of nitrogens with one attached hydrogen (secondary N) is 1. The Balaban J connectivity index is 1.97. The van der Waals surface area contributed by atoms with Crippen molar-refractivity contribution in [1.82, 2.24) is 5.32 Å². The molecule has 0 saturated carbocycles. The van der Waals surface area contributed by atoms with Crippen LogP contribution in [0.1, 0.15) is 38.4 Å². The van der Waals surface area contributed by atoms with Crippen LogP contribution in [0.25, 0.3) is 0 Å². The number of aliphatic hydroxyl groups is 1. The first-order valence-corrected chi connectivity index (χ1v) is 7.05. The first-order chi connectivity index (χ1) is 9.24. The molecule has 1 heterocycles. The molecule has 1 aromatic carbocycles. The summed E-state index contributed by atoms with van der Waals surface area (Å²) in [6, 6.07) is 6.09. The smallest absolute Gasteiger partial charge is 0.161 e. The van der Waals surface area contributed by atoms with E-state index in [1.165, 1.54) is 0 Å². The van der Waals surface area contributed by atoms with E-state index in [9.17, 15) is 5.11 Å². The normalized spacial score (nSPS) is 15.6. The van der Waals surface area contributed by atoms with Gasteiger partial charge in [-0.05, 0) is 30.5 Å². The molecule has 1 atom stereocenters. The molecule has 0 radical (unpaired) electrons. The van der Waals surface area contributed by atoms with Gasteiger partial charge in [0.25, 0.3) is 0 Å². The summed E-state index contributed by atoms with van der Waals surface area (Å²) in [7, 11) is 0. The number of rotatable bonds is 6. The van der Waals surface area contributed by atoms with Crippen molar-refractivity contribution >= 4 is 0 Å². The van der Waals surface area contributed by atoms with Crippen molar-refractivity contribution in [3.8, 4) is 11.5 Å². The van der Waals surface area contributed by atoms with Gasteiger partial charge in [0.05, 0.1) is 6.10 Å². The van der Waals surface area contributed by atoms with Crippen LogP contribution in [0.3, 0.4) is 0 Å². The number of fused-ring (bicyclic) bond motifs is 1. The van der Waals surface area contributed by atoms with Gasteiger partial charge in [0.2, 0.25) is 0 Å².